The molecule has 10 heavy (non-hydrogen) atoms. The van der Waals surface area contributed by atoms with Gasteiger partial charge in [0.15, 0.2) is 6.29 Å². The Kier molecular flexibility index (Phi) is 2.57. The van der Waals surface area contributed by atoms with E-state index in [4.69, 9.17) is 4.74 Å². The Morgan fingerprint density at radius 3 is 3.00 bits per heavy atom. The molecule has 0 saturated heterocycles. The van der Waals surface area contributed by atoms with Crippen LogP contribution in [0.1, 0.15) is 12.8 Å². The fourth-order valence-electron chi connectivity index (χ4n) is 0.987. The summed E-state index contributed by atoms with van der Waals surface area (Å²) in [6, 6.07) is 0. The molecular weight excluding hydrogens is 130 g/mol. The summed E-state index contributed by atoms with van der Waals surface area (Å²) >= 11 is 0. The fraction of sp³-hybridized carbons (Fsp3) is 0.714. The van der Waals surface area contributed by atoms with Crippen molar-refractivity contribution < 1.29 is 9.53 Å². The Balaban J connectivity index is 2.43. The number of hydrogen-bond donors (Lipinski definition) is 0. The largest absolute Gasteiger partial charge is 0.380 e. The lowest BCUT2D eigenvalue weighted by Gasteiger charge is -2.16. The molecule has 1 aliphatic heterocycles. The Bertz CT molecular complexity index is 154. The summed E-state index contributed by atoms with van der Waals surface area (Å²) in [5.74, 6) is 0. The molecule has 1 unspecified atom stereocenters. The number of ether oxygens (including phenoxy) is 1. The summed E-state index contributed by atoms with van der Waals surface area (Å²) < 4.78 is 5.06. The summed E-state index contributed by atoms with van der Waals surface area (Å²) in [6.45, 7) is 0.643. The van der Waals surface area contributed by atoms with Gasteiger partial charge in [-0.3, -0.25) is 9.79 Å². The van der Waals surface area contributed by atoms with Gasteiger partial charge < -0.3 is 4.74 Å². The van der Waals surface area contributed by atoms with Gasteiger partial charge in [-0.15, -0.1) is 0 Å². The average Bonchev–Trinajstić information content (AvgIpc) is 2.05. The number of aldehydes is 1. The van der Waals surface area contributed by atoms with Crippen molar-refractivity contribution in [2.45, 2.75) is 18.9 Å². The smallest absolute Gasteiger partial charge is 0.163 e. The minimum atomic E-state index is 0.226. The van der Waals surface area contributed by atoms with E-state index in [-0.39, 0.29) is 6.10 Å². The molecule has 0 aliphatic carbocycles. The van der Waals surface area contributed by atoms with Crippen LogP contribution in [0.4, 0.5) is 0 Å². The maximum atomic E-state index is 10.2. The number of carbonyl (C=O) groups excluding carboxylic acids is 1. The van der Waals surface area contributed by atoms with Gasteiger partial charge in [0.1, 0.15) is 0 Å². The van der Waals surface area contributed by atoms with E-state index in [1.54, 1.807) is 7.11 Å². The van der Waals surface area contributed by atoms with Crippen LogP contribution in [-0.2, 0) is 9.53 Å². The molecule has 0 radical (unpaired) electrons. The van der Waals surface area contributed by atoms with E-state index >= 15 is 0 Å². The van der Waals surface area contributed by atoms with Crippen LogP contribution >= 0.6 is 0 Å². The minimum absolute atomic E-state index is 0.226. The summed E-state index contributed by atoms with van der Waals surface area (Å²) in [5, 5.41) is 0. The number of nitrogens with zero attached hydrogens (tertiary/aromatic N) is 1. The third kappa shape index (κ3) is 1.64. The second-order valence-corrected chi connectivity index (χ2v) is 2.35. The van der Waals surface area contributed by atoms with E-state index in [0.29, 0.717) is 12.3 Å². The number of rotatable bonds is 2. The number of methoxy groups -OCH3 is 1. The second kappa shape index (κ2) is 3.46. The first-order chi connectivity index (χ1) is 4.86. The van der Waals surface area contributed by atoms with E-state index in [1.165, 1.54) is 0 Å². The molecule has 3 nitrogen and oxygen atoms in total. The topological polar surface area (TPSA) is 38.7 Å². The van der Waals surface area contributed by atoms with Gasteiger partial charge >= 0.3 is 0 Å². The fourth-order valence-corrected chi connectivity index (χ4v) is 0.987. The summed E-state index contributed by atoms with van der Waals surface area (Å²) in [5.41, 5.74) is 0.674. The molecule has 0 aromatic heterocycles. The van der Waals surface area contributed by atoms with Crippen molar-refractivity contribution >= 4 is 12.0 Å². The highest BCUT2D eigenvalue weighted by Gasteiger charge is 2.13. The zero-order valence-electron chi connectivity index (χ0n) is 6.04. The molecule has 0 fully saturated rings. The minimum Gasteiger partial charge on any atom is -0.380 e. The third-order valence-electron chi connectivity index (χ3n) is 1.69. The molecule has 56 valence electrons. The van der Waals surface area contributed by atoms with E-state index in [0.717, 1.165) is 19.1 Å². The van der Waals surface area contributed by atoms with Gasteiger partial charge in [-0.25, -0.2) is 0 Å². The van der Waals surface area contributed by atoms with E-state index < -0.39 is 0 Å². The van der Waals surface area contributed by atoms with Gasteiger partial charge in [-0.2, -0.15) is 0 Å². The van der Waals surface area contributed by atoms with Crippen molar-refractivity contribution in [3.63, 3.8) is 0 Å². The predicted octanol–water partition coefficient (Wildman–Crippen LogP) is 0.435. The maximum absolute atomic E-state index is 10.2. The van der Waals surface area contributed by atoms with Crippen LogP contribution in [0.2, 0.25) is 0 Å². The van der Waals surface area contributed by atoms with E-state index in [9.17, 15) is 4.79 Å². The van der Waals surface area contributed by atoms with Crippen molar-refractivity contribution in [3.8, 4) is 0 Å². The monoisotopic (exact) mass is 141 g/mol. The van der Waals surface area contributed by atoms with Crippen LogP contribution in [0.25, 0.3) is 0 Å². The first-order valence-electron chi connectivity index (χ1n) is 3.38. The van der Waals surface area contributed by atoms with Crippen molar-refractivity contribution in [3.05, 3.63) is 0 Å². The molecule has 1 heterocycles. The van der Waals surface area contributed by atoms with Crippen molar-refractivity contribution in [2.24, 2.45) is 4.99 Å². The number of hydrogen-bond acceptors (Lipinski definition) is 3. The molecule has 0 bridgehead atoms. The molecule has 0 amide bonds. The van der Waals surface area contributed by atoms with Crippen molar-refractivity contribution in [2.75, 3.05) is 13.7 Å². The average molecular weight is 141 g/mol. The predicted molar refractivity (Wildman–Crippen MR) is 38.4 cm³/mol. The SMILES string of the molecule is COC1CCC(C=O)=NC1. The lowest BCUT2D eigenvalue weighted by molar-refractivity contribution is -0.102. The quantitative estimate of drug-likeness (QED) is 0.523. The van der Waals surface area contributed by atoms with Crippen LogP contribution in [0.3, 0.4) is 0 Å². The van der Waals surface area contributed by atoms with E-state index in [2.05, 4.69) is 4.99 Å². The zero-order valence-corrected chi connectivity index (χ0v) is 6.04. The molecule has 3 heteroatoms. The Morgan fingerprint density at radius 1 is 1.80 bits per heavy atom. The van der Waals surface area contributed by atoms with Gasteiger partial charge in [-0.1, -0.05) is 0 Å². The van der Waals surface area contributed by atoms with Crippen LogP contribution < -0.4 is 0 Å². The van der Waals surface area contributed by atoms with Crippen LogP contribution in [-0.4, -0.2) is 31.8 Å². The van der Waals surface area contributed by atoms with Crippen LogP contribution in [0, 0.1) is 0 Å². The molecule has 0 N–H and O–H groups in total. The molecule has 0 saturated carbocycles. The molecule has 0 spiro atoms. The normalized spacial score (nSPS) is 25.7. The highest BCUT2D eigenvalue weighted by molar-refractivity contribution is 6.28. The van der Waals surface area contributed by atoms with Gasteiger partial charge in [0, 0.05) is 7.11 Å². The Labute approximate surface area is 60.1 Å². The lowest BCUT2D eigenvalue weighted by Crippen LogP contribution is -2.22. The summed E-state index contributed by atoms with van der Waals surface area (Å²) in [4.78, 5) is 14.2. The number of aliphatic imine (C=N–C) groups is 1. The standard InChI is InChI=1S/C7H11NO2/c1-10-7-3-2-6(5-9)8-4-7/h5,7H,2-4H2,1H3. The van der Waals surface area contributed by atoms with Crippen molar-refractivity contribution in [1.29, 1.82) is 0 Å². The summed E-state index contributed by atoms with van der Waals surface area (Å²) in [7, 11) is 1.67. The van der Waals surface area contributed by atoms with Gasteiger partial charge in [0.2, 0.25) is 0 Å². The Hall–Kier alpha value is -0.700. The highest BCUT2D eigenvalue weighted by atomic mass is 16.5. The maximum Gasteiger partial charge on any atom is 0.163 e. The molecule has 0 aromatic carbocycles. The molecule has 1 aliphatic rings. The van der Waals surface area contributed by atoms with Gasteiger partial charge in [0.25, 0.3) is 0 Å². The molecule has 1 rings (SSSR count). The molecule has 0 aromatic rings. The van der Waals surface area contributed by atoms with Crippen molar-refractivity contribution in [1.82, 2.24) is 0 Å². The Morgan fingerprint density at radius 2 is 2.60 bits per heavy atom. The lowest BCUT2D eigenvalue weighted by atomic mass is 10.1. The van der Waals surface area contributed by atoms with Gasteiger partial charge in [-0.05, 0) is 12.8 Å². The third-order valence-corrected chi connectivity index (χ3v) is 1.69. The first-order valence-corrected chi connectivity index (χ1v) is 3.38. The van der Waals surface area contributed by atoms with Crippen LogP contribution in [0.15, 0.2) is 4.99 Å². The van der Waals surface area contributed by atoms with Crippen LogP contribution in [0.5, 0.6) is 0 Å². The number of carbonyl (C=O) groups is 1. The molecular formula is C7H11NO2. The summed E-state index contributed by atoms with van der Waals surface area (Å²) in [6.07, 6.45) is 2.74. The van der Waals surface area contributed by atoms with E-state index in [1.807, 2.05) is 0 Å². The highest BCUT2D eigenvalue weighted by Crippen LogP contribution is 2.08. The zero-order chi connectivity index (χ0) is 7.40. The van der Waals surface area contributed by atoms with Gasteiger partial charge in [0.05, 0.1) is 18.4 Å². The first kappa shape index (κ1) is 7.41. The second-order valence-electron chi connectivity index (χ2n) is 2.35. The molecule has 1 atom stereocenters.